The topological polar surface area (TPSA) is 942 Å². The van der Waals surface area contributed by atoms with Crippen LogP contribution in [0.2, 0.25) is 5.28 Å². The lowest BCUT2D eigenvalue weighted by Gasteiger charge is -2.02. The summed E-state index contributed by atoms with van der Waals surface area (Å²) >= 11 is 5.61. The number of halogens is 2. The second-order valence-corrected chi connectivity index (χ2v) is 9.90. The molecule has 50 heteroatoms. The van der Waals surface area contributed by atoms with Crippen LogP contribution in [0.5, 0.6) is 0 Å². The van der Waals surface area contributed by atoms with Gasteiger partial charge in [-0.25, -0.2) is 43.2 Å². The van der Waals surface area contributed by atoms with Crippen molar-refractivity contribution in [1.29, 1.82) is 0 Å². The predicted molar refractivity (Wildman–Crippen MR) is 307 cm³/mol. The van der Waals surface area contributed by atoms with Crippen molar-refractivity contribution < 1.29 is 87.8 Å². The van der Waals surface area contributed by atoms with Crippen LogP contribution in [0, 0.1) is 49.9 Å². The van der Waals surface area contributed by atoms with Gasteiger partial charge in [0.15, 0.2) is 0 Å². The SMILES string of the molecule is C.C#CN.C#CN.C#CNc1nc(Cl)nc(NCC)n1.C#CNc1nc(NCC)[nH]c(=O)n1.CCNc1nc(=O)[nH]c(=O)[nH]1.Cl.N.N.NC(=O)NC(=O)[O-].NC(=O)NC(N)=O.O.O.O.O.O.O.O.O=C=O.O=CO.O=c1[nH]c(=O)[nH]c(=O)[nH]1.[HH].[HH].[HH].[HH]. The fraction of sp³-hybridized carbons (Fsp3) is 0.212. The molecule has 0 saturated carbocycles. The molecule has 0 aromatic carbocycles. The first kappa shape index (κ1) is 119. The van der Waals surface area contributed by atoms with E-state index in [1.165, 1.54) is 5.32 Å². The van der Waals surface area contributed by atoms with Gasteiger partial charge in [-0.1, -0.05) is 33.1 Å². The van der Waals surface area contributed by atoms with E-state index in [-0.39, 0.29) is 112 Å². The summed E-state index contributed by atoms with van der Waals surface area (Å²) in [5.74, 6) is 1.32. The Morgan fingerprint density at radius 2 is 0.867 bits per heavy atom. The van der Waals surface area contributed by atoms with E-state index in [9.17, 15) is 53.1 Å². The first-order valence-electron chi connectivity index (χ1n) is 17.5. The molecule has 486 valence electrons. The molecule has 4 aromatic rings. The Hall–Kier alpha value is -11.8. The van der Waals surface area contributed by atoms with Crippen molar-refractivity contribution in [2.75, 3.05) is 46.2 Å². The van der Waals surface area contributed by atoms with Gasteiger partial charge in [0.05, 0.1) is 0 Å². The fourth-order valence-corrected chi connectivity index (χ4v) is 2.89. The van der Waals surface area contributed by atoms with Crippen molar-refractivity contribution in [3.63, 3.8) is 0 Å². The summed E-state index contributed by atoms with van der Waals surface area (Å²) in [5.41, 5.74) is 17.9. The van der Waals surface area contributed by atoms with E-state index < -0.39 is 58.3 Å². The number of carboxylic acid groups (broad SMARTS) is 2. The molecule has 4 heterocycles. The van der Waals surface area contributed by atoms with Crippen LogP contribution < -0.4 is 117 Å². The third-order valence-corrected chi connectivity index (χ3v) is 4.64. The molecule has 0 unspecified atom stereocenters. The zero-order valence-corrected chi connectivity index (χ0v) is 44.0. The second kappa shape index (κ2) is 81.6. The number of carbonyl (C=O) groups is 5. The number of aromatic amines is 6. The van der Waals surface area contributed by atoms with Gasteiger partial charge in [0, 0.05) is 37.4 Å². The van der Waals surface area contributed by atoms with Crippen molar-refractivity contribution in [2.24, 2.45) is 28.7 Å². The number of imide groups is 2. The fourth-order valence-electron chi connectivity index (χ4n) is 2.73. The largest absolute Gasteiger partial charge is 0.530 e. The molecule has 0 saturated heterocycles. The summed E-state index contributed by atoms with van der Waals surface area (Å²) < 4.78 is 0. The molecule has 0 aliphatic rings. The van der Waals surface area contributed by atoms with Crippen LogP contribution in [0.4, 0.5) is 48.9 Å². The second-order valence-electron chi connectivity index (χ2n) is 9.57. The predicted octanol–water partition coefficient (Wildman–Crippen LogP) is -11.3. The minimum absolute atomic E-state index is 0. The number of carbonyl (C=O) groups excluding carboxylic acids is 6. The number of anilines is 5. The quantitative estimate of drug-likeness (QED) is 0.0442. The number of urea groups is 3. The zero-order chi connectivity index (χ0) is 57.0. The highest BCUT2D eigenvalue weighted by molar-refractivity contribution is 6.28. The molecule has 0 bridgehead atoms. The van der Waals surface area contributed by atoms with E-state index in [0.717, 1.165) is 0 Å². The maximum atomic E-state index is 10.9. The molecule has 4 rings (SSSR count). The maximum Gasteiger partial charge on any atom is 0.373 e. The van der Waals surface area contributed by atoms with Gasteiger partial charge in [-0.3, -0.25) is 56.0 Å². The number of primary amides is 3. The van der Waals surface area contributed by atoms with Crippen molar-refractivity contribution in [3.05, 3.63) is 68.2 Å². The molecule has 0 fully saturated rings. The lowest BCUT2D eigenvalue weighted by Crippen LogP contribution is -2.43. The lowest BCUT2D eigenvalue weighted by atomic mass is 10.7. The van der Waals surface area contributed by atoms with Gasteiger partial charge in [-0.15, -0.1) is 12.4 Å². The number of nitrogens with one attached hydrogen (secondary N) is 13. The Labute approximate surface area is 481 Å². The number of hydrogen-bond acceptors (Lipinski definition) is 29. The van der Waals surface area contributed by atoms with E-state index in [2.05, 4.69) is 120 Å². The molecule has 7 amide bonds. The van der Waals surface area contributed by atoms with Crippen molar-refractivity contribution in [2.45, 2.75) is 28.2 Å². The number of amides is 7. The minimum atomic E-state index is -1.69. The summed E-state index contributed by atoms with van der Waals surface area (Å²) in [6, 6.07) is 4.82. The van der Waals surface area contributed by atoms with Gasteiger partial charge in [0.25, 0.3) is 6.47 Å². The summed E-state index contributed by atoms with van der Waals surface area (Å²) in [5, 5.41) is 32.4. The van der Waals surface area contributed by atoms with E-state index in [1.807, 2.05) is 25.8 Å². The van der Waals surface area contributed by atoms with Crippen LogP contribution >= 0.6 is 24.0 Å². The molecule has 48 nitrogen and oxygen atoms in total. The normalized spacial score (nSPS) is 6.75. The molecule has 44 N–H and O–H groups in total. The Morgan fingerprint density at radius 3 is 1.13 bits per heavy atom. The third kappa shape index (κ3) is 93.2. The first-order chi connectivity index (χ1) is 33.8. The lowest BCUT2D eigenvalue weighted by molar-refractivity contribution is -0.248. The van der Waals surface area contributed by atoms with Crippen LogP contribution in [0.3, 0.4) is 0 Å². The third-order valence-electron chi connectivity index (χ3n) is 4.47. The molecule has 0 aliphatic heterocycles. The number of nitrogens with zero attached hydrogens (tertiary/aromatic N) is 6. The highest BCUT2D eigenvalue weighted by Gasteiger charge is 2.02. The molecular formula is C33H77Cl2N26O22-. The maximum absolute atomic E-state index is 10.9. The van der Waals surface area contributed by atoms with Crippen molar-refractivity contribution in [1.82, 2.24) is 82.7 Å². The van der Waals surface area contributed by atoms with Gasteiger partial charge < -0.3 is 110 Å². The molecule has 0 aliphatic carbocycles. The average Bonchev–Trinajstić information content (AvgIpc) is 3.22. The highest BCUT2D eigenvalue weighted by Crippen LogP contribution is 2.08. The Kier molecular flexibility index (Phi) is 117. The van der Waals surface area contributed by atoms with Crippen LogP contribution in [0.25, 0.3) is 0 Å². The number of rotatable bonds is 8. The summed E-state index contributed by atoms with van der Waals surface area (Å²) in [6.07, 6.45) is 17.3. The summed E-state index contributed by atoms with van der Waals surface area (Å²) in [4.78, 5) is 160. The summed E-state index contributed by atoms with van der Waals surface area (Å²) in [7, 11) is 0. The monoisotopic (exact) mass is 1260 g/mol. The van der Waals surface area contributed by atoms with Crippen molar-refractivity contribution >= 4 is 90.6 Å². The zero-order valence-electron chi connectivity index (χ0n) is 42.4. The molecule has 83 heavy (non-hydrogen) atoms. The molecule has 4 aromatic heterocycles. The van der Waals surface area contributed by atoms with E-state index in [0.29, 0.717) is 31.5 Å². The van der Waals surface area contributed by atoms with E-state index in [4.69, 9.17) is 43.9 Å². The van der Waals surface area contributed by atoms with Gasteiger partial charge in [-0.2, -0.15) is 39.5 Å². The number of hydrogen-bond donors (Lipinski definition) is 21. The standard InChI is InChI=1S/C7H8ClN5.C7H9N5O.C5H8N4O2.C3H3N3O3.C2H5N3O2.C2H4N2O3.2C2H3N.CH2O2.CO2.CH4.ClH.2H3N.7H2O.4H2/c1-3-9-6-11-5(8)12-7(13-6)10-4-2;1-3-8-5-10-6(9-4-2)12-7(13)11-5;1-2-6-3-7-4(10)9-5(11)8-3;7-1-4-2(8)6-3(9)5-1;3-1(6)5-2(4)7;3-1(5)4-2(6)7;2*1-2-3;2*2-1-3;;;;;;;;;;;;;;;/h1H,4H2,2H3,(H2,9,10,11,12,13);1H,4H2,2H3,(H3,8,9,10,11,12,13);2H2,1H3,(H3,6,7,8,9,10,11);(H3,4,5,6,7,8,9);(H5,3,4,5,6,7);(H,6,7)(H3,3,4,5);2*1H,3H2;1H,(H,2,3);;1H4;1H;2*1H3;7*1H2;4*1H/p-1. The molecule has 0 atom stereocenters. The van der Waals surface area contributed by atoms with Crippen LogP contribution in [-0.4, -0.2) is 160 Å². The van der Waals surface area contributed by atoms with Gasteiger partial charge in [0.1, 0.15) is 6.09 Å². The summed E-state index contributed by atoms with van der Waals surface area (Å²) in [6.45, 7) is 7.35. The van der Waals surface area contributed by atoms with Gasteiger partial charge in [-0.05, 0) is 44.5 Å². The van der Waals surface area contributed by atoms with Crippen molar-refractivity contribution in [3.8, 4) is 49.9 Å². The number of terminal acetylenes is 4. The Morgan fingerprint density at radius 1 is 0.578 bits per heavy atom. The van der Waals surface area contributed by atoms with E-state index >= 15 is 0 Å². The Balaban J connectivity index is -0.0000000298. The molecular weight excluding hydrogens is 1180 g/mol. The average molecular weight is 1260 g/mol. The Bertz CT molecular complexity index is 2690. The van der Waals surface area contributed by atoms with Crippen LogP contribution in [0.1, 0.15) is 33.9 Å². The van der Waals surface area contributed by atoms with E-state index in [1.54, 1.807) is 32.4 Å². The van der Waals surface area contributed by atoms with Crippen LogP contribution in [-0.2, 0) is 14.4 Å². The van der Waals surface area contributed by atoms with Gasteiger partial charge in [0.2, 0.25) is 35.0 Å². The minimum Gasteiger partial charge on any atom is -0.530 e. The number of aromatic nitrogens is 12. The highest BCUT2D eigenvalue weighted by atomic mass is 35.5. The molecule has 0 radical (unpaired) electrons. The molecule has 0 spiro atoms. The number of H-pyrrole nitrogens is 6. The smallest absolute Gasteiger partial charge is 0.373 e. The van der Waals surface area contributed by atoms with Crippen LogP contribution in [0.15, 0.2) is 28.8 Å². The number of nitrogens with two attached hydrogens (primary N) is 5. The van der Waals surface area contributed by atoms with Gasteiger partial charge >= 0.3 is 58.4 Å². The first-order valence-corrected chi connectivity index (χ1v) is 17.9.